The Morgan fingerprint density at radius 3 is 2.59 bits per heavy atom. The van der Waals surface area contributed by atoms with Crippen LogP contribution >= 0.6 is 0 Å². The van der Waals surface area contributed by atoms with E-state index in [1.807, 2.05) is 6.33 Å². The molecule has 0 radical (unpaired) electrons. The third-order valence-corrected chi connectivity index (χ3v) is 14.8. The minimum absolute atomic E-state index is 0.0776. The molecule has 2 atom stereocenters. The van der Waals surface area contributed by atoms with E-state index in [0.29, 0.717) is 17.9 Å². The van der Waals surface area contributed by atoms with Crippen molar-refractivity contribution in [1.29, 1.82) is 0 Å². The number of hydrogen-bond donors (Lipinski definition) is 1. The molecule has 0 spiro atoms. The predicted molar refractivity (Wildman–Crippen MR) is 133 cm³/mol. The number of benzene rings is 1. The number of aromatic nitrogens is 4. The number of nitrogens with zero attached hydrogens (tertiary/aromatic N) is 4. The van der Waals surface area contributed by atoms with Crippen molar-refractivity contribution in [3.05, 3.63) is 43.0 Å². The predicted octanol–water partition coefficient (Wildman–Crippen LogP) is 3.64. The van der Waals surface area contributed by atoms with E-state index >= 15 is 0 Å². The SMILES string of the molecule is C#CC1(CO[Si](C)(C)C(C)(C)C)CC1(Cn1cnc2c(N)ncnc21)[Se]c1ccccc1. The average molecular weight is 513 g/mol. The zero-order valence-electron chi connectivity index (χ0n) is 19.4. The number of hydrogen-bond acceptors (Lipinski definition) is 5. The normalized spacial score (nSPS) is 23.2. The van der Waals surface area contributed by atoms with Crippen LogP contribution in [0.1, 0.15) is 27.2 Å². The quantitative estimate of drug-likeness (QED) is 0.386. The third-order valence-electron chi connectivity index (χ3n) is 7.01. The van der Waals surface area contributed by atoms with Crippen LogP contribution in [0.5, 0.6) is 0 Å². The summed E-state index contributed by atoms with van der Waals surface area (Å²) in [6.07, 6.45) is 10.5. The van der Waals surface area contributed by atoms with Gasteiger partial charge >= 0.3 is 198 Å². The number of anilines is 1. The van der Waals surface area contributed by atoms with Gasteiger partial charge in [0.15, 0.2) is 0 Å². The maximum atomic E-state index is 6.67. The number of imidazole rings is 1. The molecule has 0 aliphatic heterocycles. The van der Waals surface area contributed by atoms with Crippen molar-refractivity contribution in [2.24, 2.45) is 5.41 Å². The van der Waals surface area contributed by atoms with Crippen LogP contribution in [0.15, 0.2) is 43.0 Å². The van der Waals surface area contributed by atoms with Crippen LogP contribution in [-0.2, 0) is 11.0 Å². The van der Waals surface area contributed by atoms with Crippen molar-refractivity contribution in [3.8, 4) is 12.3 Å². The molecule has 1 aromatic carbocycles. The average Bonchev–Trinajstić information content (AvgIpc) is 3.15. The number of rotatable bonds is 7. The molecule has 0 amide bonds. The van der Waals surface area contributed by atoms with E-state index in [-0.39, 0.29) is 29.7 Å². The molecular formula is C24H31N5OSeSi. The molecule has 1 aliphatic carbocycles. The van der Waals surface area contributed by atoms with E-state index < -0.39 is 8.32 Å². The summed E-state index contributed by atoms with van der Waals surface area (Å²) in [6.45, 7) is 12.7. The molecule has 2 aromatic heterocycles. The Morgan fingerprint density at radius 2 is 1.94 bits per heavy atom. The first-order valence-corrected chi connectivity index (χ1v) is 15.4. The molecule has 2 N–H and O–H groups in total. The van der Waals surface area contributed by atoms with Crippen molar-refractivity contribution in [1.82, 2.24) is 19.5 Å². The summed E-state index contributed by atoms with van der Waals surface area (Å²) in [7, 11) is -1.92. The molecule has 2 unspecified atom stereocenters. The van der Waals surface area contributed by atoms with Crippen LogP contribution in [0.25, 0.3) is 11.2 Å². The van der Waals surface area contributed by atoms with Crippen molar-refractivity contribution >= 4 is 44.7 Å². The van der Waals surface area contributed by atoms with Crippen LogP contribution in [-0.4, -0.2) is 49.4 Å². The van der Waals surface area contributed by atoms with Gasteiger partial charge in [0.1, 0.15) is 0 Å². The molecule has 1 saturated carbocycles. The molecule has 8 heteroatoms. The molecule has 3 aromatic rings. The Labute approximate surface area is 197 Å². The minimum atomic E-state index is -1.92. The molecule has 32 heavy (non-hydrogen) atoms. The summed E-state index contributed by atoms with van der Waals surface area (Å²) in [5.41, 5.74) is 7.11. The zero-order valence-corrected chi connectivity index (χ0v) is 22.1. The van der Waals surface area contributed by atoms with Crippen molar-refractivity contribution < 1.29 is 4.43 Å². The van der Waals surface area contributed by atoms with Crippen LogP contribution in [0.3, 0.4) is 0 Å². The van der Waals surface area contributed by atoms with E-state index in [0.717, 1.165) is 18.6 Å². The van der Waals surface area contributed by atoms with Gasteiger partial charge in [-0.05, 0) is 0 Å². The molecule has 1 aliphatic rings. The van der Waals surface area contributed by atoms with Crippen molar-refractivity contribution in [2.75, 3.05) is 12.3 Å². The molecule has 1 fully saturated rings. The third kappa shape index (κ3) is 3.99. The fraction of sp³-hybridized carbons (Fsp3) is 0.458. The second-order valence-electron chi connectivity index (χ2n) is 10.2. The zero-order chi connectivity index (χ0) is 23.2. The van der Waals surface area contributed by atoms with Gasteiger partial charge in [-0.3, -0.25) is 0 Å². The van der Waals surface area contributed by atoms with Gasteiger partial charge in [-0.1, -0.05) is 0 Å². The standard InChI is InChI=1S/C24H31N5OSeSi/c1-7-23(15-30-32(5,6)22(2,3)4)13-24(23,31-18-11-9-8-10-12-18)14-29-17-28-19-20(25)26-16-27-21(19)29/h1,8-12,16-17H,13-15H2,2-6H3,(H2,25,26,27). The molecule has 2 heterocycles. The van der Waals surface area contributed by atoms with Gasteiger partial charge in [0, 0.05) is 0 Å². The first kappa shape index (κ1) is 23.0. The number of nitrogen functional groups attached to an aromatic ring is 1. The van der Waals surface area contributed by atoms with Gasteiger partial charge in [0.25, 0.3) is 0 Å². The van der Waals surface area contributed by atoms with E-state index in [4.69, 9.17) is 16.6 Å². The van der Waals surface area contributed by atoms with E-state index in [2.05, 4.69) is 89.6 Å². The summed E-state index contributed by atoms with van der Waals surface area (Å²) in [4.78, 5) is 13.0. The summed E-state index contributed by atoms with van der Waals surface area (Å²) >= 11 is 0.159. The van der Waals surface area contributed by atoms with Gasteiger partial charge in [-0.2, -0.15) is 0 Å². The topological polar surface area (TPSA) is 78.9 Å². The summed E-state index contributed by atoms with van der Waals surface area (Å²) in [5.74, 6) is 3.58. The number of terminal acetylenes is 1. The maximum absolute atomic E-state index is 6.67. The van der Waals surface area contributed by atoms with Crippen LogP contribution in [0.4, 0.5) is 5.82 Å². The van der Waals surface area contributed by atoms with E-state index in [1.165, 1.54) is 10.8 Å². The van der Waals surface area contributed by atoms with Gasteiger partial charge in [0.05, 0.1) is 0 Å². The Bertz CT molecular complexity index is 1170. The van der Waals surface area contributed by atoms with Crippen LogP contribution in [0, 0.1) is 17.8 Å². The molecule has 0 bridgehead atoms. The van der Waals surface area contributed by atoms with Crippen molar-refractivity contribution in [2.45, 2.75) is 56.2 Å². The van der Waals surface area contributed by atoms with Crippen LogP contribution in [0.2, 0.25) is 22.4 Å². The first-order valence-electron chi connectivity index (χ1n) is 10.8. The van der Waals surface area contributed by atoms with Gasteiger partial charge in [-0.25, -0.2) is 0 Å². The fourth-order valence-corrected chi connectivity index (χ4v) is 8.10. The Kier molecular flexibility index (Phi) is 5.75. The molecule has 4 rings (SSSR count). The van der Waals surface area contributed by atoms with E-state index in [9.17, 15) is 0 Å². The fourth-order valence-electron chi connectivity index (χ4n) is 3.75. The van der Waals surface area contributed by atoms with Gasteiger partial charge in [0.2, 0.25) is 0 Å². The summed E-state index contributed by atoms with van der Waals surface area (Å²) < 4.78 is 10.0. The molecule has 0 saturated heterocycles. The number of nitrogens with two attached hydrogens (primary N) is 1. The molecule has 6 nitrogen and oxygen atoms in total. The molecule has 168 valence electrons. The Morgan fingerprint density at radius 1 is 1.22 bits per heavy atom. The van der Waals surface area contributed by atoms with Gasteiger partial charge in [-0.15, -0.1) is 0 Å². The second-order valence-corrected chi connectivity index (χ2v) is 18.0. The first-order chi connectivity index (χ1) is 15.0. The Hall–Kier alpha value is -2.17. The summed E-state index contributed by atoms with van der Waals surface area (Å²) in [5, 5.41) is 0.139. The second kappa shape index (κ2) is 8.00. The Balaban J connectivity index is 1.68. The molecular weight excluding hydrogens is 481 g/mol. The van der Waals surface area contributed by atoms with Crippen molar-refractivity contribution in [3.63, 3.8) is 0 Å². The monoisotopic (exact) mass is 513 g/mol. The number of fused-ring (bicyclic) bond motifs is 1. The van der Waals surface area contributed by atoms with Crippen LogP contribution < -0.4 is 10.2 Å². The summed E-state index contributed by atoms with van der Waals surface area (Å²) in [6, 6.07) is 10.6. The van der Waals surface area contributed by atoms with Gasteiger partial charge < -0.3 is 0 Å². The van der Waals surface area contributed by atoms with E-state index in [1.54, 1.807) is 0 Å².